The molecule has 0 radical (unpaired) electrons. The van der Waals surface area contributed by atoms with E-state index in [4.69, 9.17) is 10.2 Å². The Kier molecular flexibility index (Phi) is 5.74. The molecule has 0 unspecified atom stereocenters. The molecule has 3 rings (SSSR count). The summed E-state index contributed by atoms with van der Waals surface area (Å²) in [6.07, 6.45) is 3.54. The zero-order valence-corrected chi connectivity index (χ0v) is 16.1. The molecule has 1 amide bonds. The summed E-state index contributed by atoms with van der Waals surface area (Å²) >= 11 is 0. The summed E-state index contributed by atoms with van der Waals surface area (Å²) in [7, 11) is -3.23. The Balaban J connectivity index is 1.67. The predicted octanol–water partition coefficient (Wildman–Crippen LogP) is 2.43. The van der Waals surface area contributed by atoms with E-state index in [2.05, 4.69) is 15.3 Å². The number of furan rings is 1. The molecule has 0 saturated heterocycles. The van der Waals surface area contributed by atoms with Crippen LogP contribution in [0, 0.1) is 0 Å². The van der Waals surface area contributed by atoms with Crippen LogP contribution >= 0.6 is 0 Å². The van der Waals surface area contributed by atoms with Gasteiger partial charge in [-0.2, -0.15) is 0 Å². The van der Waals surface area contributed by atoms with E-state index in [-0.39, 0.29) is 17.5 Å². The Bertz CT molecular complexity index is 1060. The van der Waals surface area contributed by atoms with Crippen molar-refractivity contribution in [2.24, 2.45) is 0 Å². The number of carbonyl (C=O) groups is 1. The van der Waals surface area contributed by atoms with Gasteiger partial charge in [-0.05, 0) is 36.4 Å². The number of aryl methyl sites for hydroxylation is 1. The molecule has 0 atom stereocenters. The normalized spacial score (nSPS) is 11.3. The van der Waals surface area contributed by atoms with E-state index < -0.39 is 9.84 Å². The van der Waals surface area contributed by atoms with E-state index in [9.17, 15) is 13.2 Å². The van der Waals surface area contributed by atoms with Gasteiger partial charge in [0.15, 0.2) is 15.7 Å². The van der Waals surface area contributed by atoms with Crippen molar-refractivity contribution in [3.05, 3.63) is 60.2 Å². The molecule has 8 nitrogen and oxygen atoms in total. The van der Waals surface area contributed by atoms with Crippen molar-refractivity contribution in [2.45, 2.75) is 18.6 Å². The summed E-state index contributed by atoms with van der Waals surface area (Å²) in [6.45, 7) is 0. The average Bonchev–Trinajstić information content (AvgIpc) is 3.12. The summed E-state index contributed by atoms with van der Waals surface area (Å²) in [6, 6.07) is 12.0. The summed E-state index contributed by atoms with van der Waals surface area (Å²) in [5, 5.41) is 2.81. The number of hydrogen-bond donors (Lipinski definition) is 2. The first-order valence-corrected chi connectivity index (χ1v) is 10.6. The van der Waals surface area contributed by atoms with E-state index in [0.717, 1.165) is 12.0 Å². The van der Waals surface area contributed by atoms with Crippen LogP contribution in [0.25, 0.3) is 11.4 Å². The molecule has 9 heteroatoms. The van der Waals surface area contributed by atoms with Crippen LogP contribution in [0.15, 0.2) is 53.1 Å². The third-order valence-corrected chi connectivity index (χ3v) is 4.63. The molecule has 2 aromatic heterocycles. The second-order valence-corrected chi connectivity index (χ2v) is 8.52. The minimum absolute atomic E-state index is 0.125. The Morgan fingerprint density at radius 1 is 1.18 bits per heavy atom. The lowest BCUT2D eigenvalue weighted by Gasteiger charge is -2.08. The lowest BCUT2D eigenvalue weighted by atomic mass is 10.2. The van der Waals surface area contributed by atoms with Gasteiger partial charge in [0.1, 0.15) is 11.6 Å². The first-order valence-electron chi connectivity index (χ1n) is 8.52. The van der Waals surface area contributed by atoms with Gasteiger partial charge in [-0.1, -0.05) is 0 Å². The SMILES string of the molecule is CS(=O)(=O)Cc1cc(N)nc(-c2ccc(NC(=O)CCc3ccco3)cc2)n1. The van der Waals surface area contributed by atoms with Gasteiger partial charge in [-0.15, -0.1) is 0 Å². The maximum atomic E-state index is 12.0. The summed E-state index contributed by atoms with van der Waals surface area (Å²) in [5.74, 6) is 0.943. The van der Waals surface area contributed by atoms with E-state index in [0.29, 0.717) is 35.6 Å². The molecule has 0 bridgehead atoms. The Morgan fingerprint density at radius 2 is 1.93 bits per heavy atom. The predicted molar refractivity (Wildman–Crippen MR) is 106 cm³/mol. The molecule has 0 saturated carbocycles. The average molecular weight is 400 g/mol. The lowest BCUT2D eigenvalue weighted by molar-refractivity contribution is -0.116. The van der Waals surface area contributed by atoms with Crippen molar-refractivity contribution in [1.82, 2.24) is 9.97 Å². The number of aromatic nitrogens is 2. The number of benzene rings is 1. The van der Waals surface area contributed by atoms with E-state index >= 15 is 0 Å². The lowest BCUT2D eigenvalue weighted by Crippen LogP contribution is -2.12. The molecule has 0 spiro atoms. The number of nitrogens with zero attached hydrogens (tertiary/aromatic N) is 2. The van der Waals surface area contributed by atoms with Gasteiger partial charge in [0.25, 0.3) is 0 Å². The minimum atomic E-state index is -3.23. The topological polar surface area (TPSA) is 128 Å². The molecular weight excluding hydrogens is 380 g/mol. The highest BCUT2D eigenvalue weighted by Gasteiger charge is 2.11. The molecule has 0 aliphatic carbocycles. The van der Waals surface area contributed by atoms with Crippen molar-refractivity contribution >= 4 is 27.2 Å². The van der Waals surface area contributed by atoms with Gasteiger partial charge in [-0.25, -0.2) is 18.4 Å². The molecular formula is C19H20N4O4S. The third kappa shape index (κ3) is 5.65. The monoisotopic (exact) mass is 400 g/mol. The smallest absolute Gasteiger partial charge is 0.224 e. The number of nitrogen functional groups attached to an aromatic ring is 1. The van der Waals surface area contributed by atoms with Gasteiger partial charge < -0.3 is 15.5 Å². The quantitative estimate of drug-likeness (QED) is 0.623. The number of amides is 1. The standard InChI is InChI=1S/C19H20N4O4S/c1-28(25,26)12-15-11-17(20)23-19(22-15)13-4-6-14(7-5-13)21-18(24)9-8-16-3-2-10-27-16/h2-7,10-11H,8-9,12H2,1H3,(H,21,24)(H2,20,22,23). The van der Waals surface area contributed by atoms with Crippen LogP contribution in [-0.4, -0.2) is 30.5 Å². The highest BCUT2D eigenvalue weighted by Crippen LogP contribution is 2.20. The second kappa shape index (κ2) is 8.22. The molecule has 28 heavy (non-hydrogen) atoms. The maximum Gasteiger partial charge on any atom is 0.224 e. The number of rotatable bonds is 7. The maximum absolute atomic E-state index is 12.0. The highest BCUT2D eigenvalue weighted by molar-refractivity contribution is 7.89. The fraction of sp³-hybridized carbons (Fsp3) is 0.211. The molecule has 1 aromatic carbocycles. The largest absolute Gasteiger partial charge is 0.469 e. The molecule has 0 fully saturated rings. The van der Waals surface area contributed by atoms with Gasteiger partial charge in [0.2, 0.25) is 5.91 Å². The van der Waals surface area contributed by atoms with Crippen LogP contribution < -0.4 is 11.1 Å². The van der Waals surface area contributed by atoms with Crippen LogP contribution in [0.2, 0.25) is 0 Å². The minimum Gasteiger partial charge on any atom is -0.469 e. The molecule has 0 aliphatic rings. The Hall–Kier alpha value is -3.20. The fourth-order valence-corrected chi connectivity index (χ4v) is 3.29. The van der Waals surface area contributed by atoms with Crippen LogP contribution in [-0.2, 0) is 26.8 Å². The first kappa shape index (κ1) is 19.6. The van der Waals surface area contributed by atoms with Crippen molar-refractivity contribution < 1.29 is 17.6 Å². The first-order chi connectivity index (χ1) is 13.3. The number of sulfone groups is 1. The Labute approximate surface area is 162 Å². The van der Waals surface area contributed by atoms with Crippen LogP contribution in [0.5, 0.6) is 0 Å². The van der Waals surface area contributed by atoms with Gasteiger partial charge in [-0.3, -0.25) is 4.79 Å². The molecule has 2 heterocycles. The molecule has 0 aliphatic heterocycles. The molecule has 3 aromatic rings. The van der Waals surface area contributed by atoms with Gasteiger partial charge >= 0.3 is 0 Å². The summed E-state index contributed by atoms with van der Waals surface area (Å²) in [5.41, 5.74) is 7.40. The van der Waals surface area contributed by atoms with E-state index in [1.165, 1.54) is 6.07 Å². The molecule has 146 valence electrons. The van der Waals surface area contributed by atoms with E-state index in [1.807, 2.05) is 6.07 Å². The number of carbonyl (C=O) groups excluding carboxylic acids is 1. The van der Waals surface area contributed by atoms with Crippen molar-refractivity contribution in [2.75, 3.05) is 17.3 Å². The fourth-order valence-electron chi connectivity index (χ4n) is 2.61. The van der Waals surface area contributed by atoms with Crippen molar-refractivity contribution in [3.8, 4) is 11.4 Å². The summed E-state index contributed by atoms with van der Waals surface area (Å²) < 4.78 is 28.2. The molecule has 3 N–H and O–H groups in total. The zero-order valence-electron chi connectivity index (χ0n) is 15.3. The van der Waals surface area contributed by atoms with Crippen LogP contribution in [0.3, 0.4) is 0 Å². The van der Waals surface area contributed by atoms with Crippen LogP contribution in [0.4, 0.5) is 11.5 Å². The second-order valence-electron chi connectivity index (χ2n) is 6.38. The van der Waals surface area contributed by atoms with E-state index in [1.54, 1.807) is 36.6 Å². The number of nitrogens with two attached hydrogens (primary N) is 1. The van der Waals surface area contributed by atoms with Gasteiger partial charge in [0, 0.05) is 36.4 Å². The number of anilines is 2. The van der Waals surface area contributed by atoms with Gasteiger partial charge in [0.05, 0.1) is 17.7 Å². The highest BCUT2D eigenvalue weighted by atomic mass is 32.2. The third-order valence-electron chi connectivity index (χ3n) is 3.81. The van der Waals surface area contributed by atoms with Crippen molar-refractivity contribution in [1.29, 1.82) is 0 Å². The summed E-state index contributed by atoms with van der Waals surface area (Å²) in [4.78, 5) is 20.5. The Morgan fingerprint density at radius 3 is 2.57 bits per heavy atom. The zero-order chi connectivity index (χ0) is 20.1. The van der Waals surface area contributed by atoms with Crippen LogP contribution in [0.1, 0.15) is 17.9 Å². The number of hydrogen-bond acceptors (Lipinski definition) is 7. The van der Waals surface area contributed by atoms with Crippen molar-refractivity contribution in [3.63, 3.8) is 0 Å². The number of nitrogens with one attached hydrogen (secondary N) is 1.